The van der Waals surface area contributed by atoms with Crippen molar-refractivity contribution in [1.82, 2.24) is 4.90 Å². The first-order chi connectivity index (χ1) is 17.1. The van der Waals surface area contributed by atoms with E-state index in [4.69, 9.17) is 14.9 Å². The van der Waals surface area contributed by atoms with E-state index in [-0.39, 0.29) is 34.7 Å². The van der Waals surface area contributed by atoms with Gasteiger partial charge < -0.3 is 14.9 Å². The lowest BCUT2D eigenvalue weighted by molar-refractivity contribution is -0.384. The zero-order valence-corrected chi connectivity index (χ0v) is 24.8. The maximum atomic E-state index is 13.6. The Balaban J connectivity index is 1.88. The molecule has 4 atom stereocenters. The van der Waals surface area contributed by atoms with Gasteiger partial charge in [0, 0.05) is 12.1 Å². The number of non-ortho nitro benzene ring substituents is 1. The molecule has 13 heteroatoms. The standard InChI is InChI=1S/C24H33N3O7S2Si/c1-13(18(25)28)35-22-17(21(30)33-12-14-8-10-15(11-9-14)27(31)32)26-19(29)16(20(26)36-22)24(5,23(2,3)4)34-37(6)7/h8-11,13,16,20,37H,12H2,1-7H3,(H2,25,28)/t13?,16?,20-,24?/m1/s1. The number of nitrogens with zero attached hydrogens (tertiary/aromatic N) is 2. The van der Waals surface area contributed by atoms with Crippen LogP contribution >= 0.6 is 23.5 Å². The third-order valence-corrected chi connectivity index (χ3v) is 10.3. The Morgan fingerprint density at radius 2 is 1.84 bits per heavy atom. The summed E-state index contributed by atoms with van der Waals surface area (Å²) in [6.07, 6.45) is 0. The fraction of sp³-hybridized carbons (Fsp3) is 0.542. The molecule has 3 unspecified atom stereocenters. The fourth-order valence-corrected chi connectivity index (χ4v) is 8.72. The molecule has 1 saturated heterocycles. The predicted octanol–water partition coefficient (Wildman–Crippen LogP) is 3.75. The van der Waals surface area contributed by atoms with Crippen LogP contribution in [-0.2, 0) is 30.2 Å². The van der Waals surface area contributed by atoms with Gasteiger partial charge in [-0.15, -0.1) is 11.8 Å². The number of carbonyl (C=O) groups excluding carboxylic acids is 3. The van der Waals surface area contributed by atoms with Gasteiger partial charge in [0.2, 0.25) is 11.8 Å². The van der Waals surface area contributed by atoms with Crippen LogP contribution < -0.4 is 5.73 Å². The van der Waals surface area contributed by atoms with Crippen molar-refractivity contribution in [3.8, 4) is 0 Å². The minimum atomic E-state index is -1.54. The fourth-order valence-electron chi connectivity index (χ4n) is 4.22. The Kier molecular flexibility index (Phi) is 8.52. The number of hydrogen-bond donors (Lipinski definition) is 1. The number of nitro benzene ring substituents is 1. The van der Waals surface area contributed by atoms with E-state index in [1.807, 2.05) is 27.7 Å². The van der Waals surface area contributed by atoms with Crippen molar-refractivity contribution in [1.29, 1.82) is 0 Å². The summed E-state index contributed by atoms with van der Waals surface area (Å²) in [6, 6.07) is 5.66. The molecule has 0 spiro atoms. The number of amides is 2. The number of rotatable bonds is 10. The number of primary amides is 1. The Hall–Kier alpha value is -2.35. The lowest BCUT2D eigenvalue weighted by atomic mass is 9.66. The largest absolute Gasteiger partial charge is 0.456 e. The number of esters is 1. The van der Waals surface area contributed by atoms with Crippen LogP contribution in [-0.4, -0.2) is 52.9 Å². The molecular weight excluding hydrogens is 534 g/mol. The number of nitrogens with two attached hydrogens (primary N) is 1. The molecule has 0 aromatic heterocycles. The molecule has 1 aromatic carbocycles. The molecule has 0 saturated carbocycles. The Morgan fingerprint density at radius 3 is 2.32 bits per heavy atom. The molecule has 2 aliphatic rings. The van der Waals surface area contributed by atoms with Crippen LogP contribution in [0, 0.1) is 21.4 Å². The summed E-state index contributed by atoms with van der Waals surface area (Å²) >= 11 is 2.48. The molecule has 2 aliphatic heterocycles. The second-order valence-electron chi connectivity index (χ2n) is 10.5. The van der Waals surface area contributed by atoms with Gasteiger partial charge in [-0.25, -0.2) is 4.79 Å². The molecule has 1 fully saturated rings. The molecule has 0 bridgehead atoms. The summed E-state index contributed by atoms with van der Waals surface area (Å²) in [5.74, 6) is -1.97. The van der Waals surface area contributed by atoms with Gasteiger partial charge in [0.15, 0.2) is 14.7 Å². The normalized spacial score (nSPS) is 21.8. The Morgan fingerprint density at radius 1 is 1.24 bits per heavy atom. The van der Waals surface area contributed by atoms with Crippen molar-refractivity contribution in [2.24, 2.45) is 17.1 Å². The van der Waals surface area contributed by atoms with Crippen LogP contribution in [0.3, 0.4) is 0 Å². The van der Waals surface area contributed by atoms with Crippen LogP contribution in [0.5, 0.6) is 0 Å². The molecule has 2 heterocycles. The number of benzene rings is 1. The molecule has 1 aromatic rings. The van der Waals surface area contributed by atoms with Crippen molar-refractivity contribution >= 4 is 56.0 Å². The molecule has 0 radical (unpaired) electrons. The monoisotopic (exact) mass is 567 g/mol. The van der Waals surface area contributed by atoms with Crippen LogP contribution in [0.15, 0.2) is 34.2 Å². The number of thioether (sulfide) groups is 2. The molecule has 0 aliphatic carbocycles. The molecule has 10 nitrogen and oxygen atoms in total. The maximum absolute atomic E-state index is 13.6. The van der Waals surface area contributed by atoms with Gasteiger partial charge >= 0.3 is 5.97 Å². The van der Waals surface area contributed by atoms with E-state index in [9.17, 15) is 24.5 Å². The topological polar surface area (TPSA) is 142 Å². The second kappa shape index (κ2) is 10.8. The smallest absolute Gasteiger partial charge is 0.357 e. The Bertz CT molecular complexity index is 1140. The second-order valence-corrected chi connectivity index (χ2v) is 15.6. The van der Waals surface area contributed by atoms with Crippen molar-refractivity contribution in [2.75, 3.05) is 0 Å². The number of carbonyl (C=O) groups is 3. The summed E-state index contributed by atoms with van der Waals surface area (Å²) in [7, 11) is -1.54. The zero-order chi connectivity index (χ0) is 27.9. The predicted molar refractivity (Wildman–Crippen MR) is 146 cm³/mol. The summed E-state index contributed by atoms with van der Waals surface area (Å²) in [6.45, 7) is 13.7. The molecular formula is C24H33N3O7S2Si. The zero-order valence-electron chi connectivity index (χ0n) is 22.0. The molecule has 3 rings (SSSR count). The molecule has 37 heavy (non-hydrogen) atoms. The van der Waals surface area contributed by atoms with Gasteiger partial charge in [-0.05, 0) is 50.1 Å². The first-order valence-corrected chi connectivity index (χ1v) is 16.4. The summed E-state index contributed by atoms with van der Waals surface area (Å²) in [5.41, 5.74) is 4.93. The number of nitro groups is 1. The third-order valence-electron chi connectivity index (χ3n) is 6.66. The van der Waals surface area contributed by atoms with Gasteiger partial charge in [0.05, 0.1) is 25.9 Å². The highest BCUT2D eigenvalue weighted by Gasteiger charge is 2.65. The average molecular weight is 568 g/mol. The van der Waals surface area contributed by atoms with Crippen molar-refractivity contribution in [3.05, 3.63) is 49.9 Å². The number of β-lactam (4-membered cyclic amide) rings is 1. The van der Waals surface area contributed by atoms with Crippen molar-refractivity contribution in [3.63, 3.8) is 0 Å². The van der Waals surface area contributed by atoms with Crippen LogP contribution in [0.4, 0.5) is 5.69 Å². The van der Waals surface area contributed by atoms with E-state index >= 15 is 0 Å². The lowest BCUT2D eigenvalue weighted by Gasteiger charge is -2.56. The highest BCUT2D eigenvalue weighted by Crippen LogP contribution is 2.59. The van der Waals surface area contributed by atoms with E-state index in [0.717, 1.165) is 11.8 Å². The highest BCUT2D eigenvalue weighted by atomic mass is 32.2. The number of ether oxygens (including phenoxy) is 1. The SMILES string of the molecule is CC(SC1=C(C(=O)OCc2ccc([N+](=O)[O-])cc2)N2C(=O)C(C(C)(O[SiH](C)C)C(C)(C)C)[C@H]2S1)C(N)=O. The first kappa shape index (κ1) is 29.2. The van der Waals surface area contributed by atoms with E-state index in [2.05, 4.69) is 13.1 Å². The van der Waals surface area contributed by atoms with Crippen molar-refractivity contribution in [2.45, 2.75) is 70.5 Å². The van der Waals surface area contributed by atoms with E-state index in [1.165, 1.54) is 40.9 Å². The summed E-state index contributed by atoms with van der Waals surface area (Å²) in [4.78, 5) is 50.5. The molecule has 2 N–H and O–H groups in total. The molecule has 2 amide bonds. The minimum absolute atomic E-state index is 0.0715. The average Bonchev–Trinajstić information content (AvgIpc) is 3.10. The lowest BCUT2D eigenvalue weighted by Crippen LogP contribution is -2.69. The maximum Gasteiger partial charge on any atom is 0.357 e. The molecule has 202 valence electrons. The third kappa shape index (κ3) is 5.74. The minimum Gasteiger partial charge on any atom is -0.456 e. The van der Waals surface area contributed by atoms with Crippen LogP contribution in [0.1, 0.15) is 40.2 Å². The summed E-state index contributed by atoms with van der Waals surface area (Å²) in [5, 5.41) is 9.87. The van der Waals surface area contributed by atoms with Gasteiger partial charge in [-0.2, -0.15) is 0 Å². The quantitative estimate of drug-likeness (QED) is 0.147. The number of hydrogen-bond acceptors (Lipinski definition) is 9. The van der Waals surface area contributed by atoms with Crippen LogP contribution in [0.25, 0.3) is 0 Å². The van der Waals surface area contributed by atoms with Gasteiger partial charge in [-0.3, -0.25) is 24.6 Å². The Labute approximate surface area is 226 Å². The van der Waals surface area contributed by atoms with Gasteiger partial charge in [0.25, 0.3) is 5.69 Å². The highest BCUT2D eigenvalue weighted by molar-refractivity contribution is 8.23. The summed E-state index contributed by atoms with van der Waals surface area (Å²) < 4.78 is 12.5. The van der Waals surface area contributed by atoms with Gasteiger partial charge in [0.1, 0.15) is 12.0 Å². The number of fused-ring (bicyclic) bond motifs is 1. The van der Waals surface area contributed by atoms with E-state index in [0.29, 0.717) is 9.80 Å². The van der Waals surface area contributed by atoms with Crippen molar-refractivity contribution < 1.29 is 28.5 Å². The first-order valence-electron chi connectivity index (χ1n) is 11.9. The van der Waals surface area contributed by atoms with Gasteiger partial charge in [-0.1, -0.05) is 32.5 Å². The van der Waals surface area contributed by atoms with E-state index in [1.54, 1.807) is 6.92 Å². The van der Waals surface area contributed by atoms with E-state index < -0.39 is 42.6 Å². The van der Waals surface area contributed by atoms with Crippen LogP contribution in [0.2, 0.25) is 13.1 Å².